The van der Waals surface area contributed by atoms with Gasteiger partial charge in [0.1, 0.15) is 0 Å². The number of hydrogen-bond donors (Lipinski definition) is 0. The lowest BCUT2D eigenvalue weighted by Crippen LogP contribution is -2.20. The lowest BCUT2D eigenvalue weighted by molar-refractivity contribution is 0.315. The molecule has 1 aliphatic heterocycles. The van der Waals surface area contributed by atoms with Gasteiger partial charge in [-0.1, -0.05) is 34.1 Å². The molecule has 0 radical (unpaired) electrons. The Morgan fingerprint density at radius 1 is 1.29 bits per heavy atom. The van der Waals surface area contributed by atoms with Crippen LogP contribution in [0, 0.1) is 19.8 Å². The van der Waals surface area contributed by atoms with Gasteiger partial charge in [0.25, 0.3) is 0 Å². The monoisotopic (exact) mass is 295 g/mol. The summed E-state index contributed by atoms with van der Waals surface area (Å²) in [6, 6.07) is 6.87. The molecule has 0 aliphatic carbocycles. The van der Waals surface area contributed by atoms with Gasteiger partial charge >= 0.3 is 0 Å². The first-order chi connectivity index (χ1) is 8.19. The van der Waals surface area contributed by atoms with Gasteiger partial charge in [-0.25, -0.2) is 0 Å². The Labute approximate surface area is 113 Å². The molecule has 1 aliphatic rings. The van der Waals surface area contributed by atoms with Crippen molar-refractivity contribution in [3.8, 4) is 0 Å². The molecule has 1 heterocycles. The molecule has 0 spiro atoms. The van der Waals surface area contributed by atoms with E-state index in [-0.39, 0.29) is 0 Å². The van der Waals surface area contributed by atoms with Crippen molar-refractivity contribution in [3.05, 3.63) is 34.9 Å². The van der Waals surface area contributed by atoms with Gasteiger partial charge < -0.3 is 0 Å². The average molecular weight is 296 g/mol. The van der Waals surface area contributed by atoms with Gasteiger partial charge in [0.2, 0.25) is 0 Å². The zero-order valence-corrected chi connectivity index (χ0v) is 12.5. The van der Waals surface area contributed by atoms with Crippen molar-refractivity contribution in [2.75, 3.05) is 18.4 Å². The van der Waals surface area contributed by atoms with Crippen molar-refractivity contribution >= 4 is 15.9 Å². The minimum absolute atomic E-state index is 0.904. The molecule has 2 heteroatoms. The molecule has 1 fully saturated rings. The average Bonchev–Trinajstić information content (AvgIpc) is 2.72. The van der Waals surface area contributed by atoms with E-state index in [0.29, 0.717) is 0 Å². The molecule has 1 atom stereocenters. The number of likely N-dealkylation sites (tertiary alicyclic amines) is 1. The molecule has 2 rings (SSSR count). The van der Waals surface area contributed by atoms with Gasteiger partial charge in [-0.3, -0.25) is 4.90 Å². The van der Waals surface area contributed by atoms with E-state index in [2.05, 4.69) is 52.9 Å². The summed E-state index contributed by atoms with van der Waals surface area (Å²) >= 11 is 3.55. The molecule has 1 aromatic carbocycles. The summed E-state index contributed by atoms with van der Waals surface area (Å²) in [6.07, 6.45) is 2.69. The molecule has 0 aromatic heterocycles. The molecule has 0 bridgehead atoms. The Balaban J connectivity index is 1.91. The van der Waals surface area contributed by atoms with Gasteiger partial charge in [0.05, 0.1) is 0 Å². The van der Waals surface area contributed by atoms with Crippen LogP contribution in [0.5, 0.6) is 0 Å². The van der Waals surface area contributed by atoms with Crippen LogP contribution >= 0.6 is 15.9 Å². The Morgan fingerprint density at radius 2 is 2.12 bits per heavy atom. The lowest BCUT2D eigenvalue weighted by Gasteiger charge is -2.16. The number of hydrogen-bond acceptors (Lipinski definition) is 1. The third kappa shape index (κ3) is 3.56. The Kier molecular flexibility index (Phi) is 4.63. The fraction of sp³-hybridized carbons (Fsp3) is 0.600. The van der Waals surface area contributed by atoms with Crippen LogP contribution in [0.25, 0.3) is 0 Å². The Hall–Kier alpha value is -0.340. The molecule has 1 aromatic rings. The molecule has 1 nitrogen and oxygen atoms in total. The zero-order chi connectivity index (χ0) is 12.3. The lowest BCUT2D eigenvalue weighted by atomic mass is 10.1. The topological polar surface area (TPSA) is 3.24 Å². The SMILES string of the molecule is Cc1ccc(CN2CCC(CCBr)C2)cc1C. The van der Waals surface area contributed by atoms with E-state index in [0.717, 1.165) is 17.8 Å². The van der Waals surface area contributed by atoms with Crippen LogP contribution in [0.4, 0.5) is 0 Å². The number of halogens is 1. The highest BCUT2D eigenvalue weighted by Crippen LogP contribution is 2.22. The quantitative estimate of drug-likeness (QED) is 0.761. The number of alkyl halides is 1. The van der Waals surface area contributed by atoms with Crippen LogP contribution in [0.1, 0.15) is 29.5 Å². The number of aryl methyl sites for hydroxylation is 2. The smallest absolute Gasteiger partial charge is 0.0233 e. The summed E-state index contributed by atoms with van der Waals surface area (Å²) < 4.78 is 0. The van der Waals surface area contributed by atoms with E-state index >= 15 is 0 Å². The van der Waals surface area contributed by atoms with E-state index in [9.17, 15) is 0 Å². The highest BCUT2D eigenvalue weighted by molar-refractivity contribution is 9.09. The first kappa shape index (κ1) is 13.1. The first-order valence-electron chi connectivity index (χ1n) is 6.53. The van der Waals surface area contributed by atoms with Crippen LogP contribution in [-0.4, -0.2) is 23.3 Å². The van der Waals surface area contributed by atoms with Crippen molar-refractivity contribution < 1.29 is 0 Å². The van der Waals surface area contributed by atoms with E-state index in [1.807, 2.05) is 0 Å². The summed E-state index contributed by atoms with van der Waals surface area (Å²) in [6.45, 7) is 8.06. The molecule has 0 amide bonds. The first-order valence-corrected chi connectivity index (χ1v) is 7.65. The van der Waals surface area contributed by atoms with Gasteiger partial charge in [-0.05, 0) is 55.8 Å². The van der Waals surface area contributed by atoms with Crippen molar-refractivity contribution in [1.29, 1.82) is 0 Å². The predicted octanol–water partition coefficient (Wildman–Crippen LogP) is 3.91. The third-order valence-corrected chi connectivity index (χ3v) is 4.32. The molecule has 1 saturated heterocycles. The van der Waals surface area contributed by atoms with E-state index in [1.54, 1.807) is 0 Å². The highest BCUT2D eigenvalue weighted by atomic mass is 79.9. The largest absolute Gasteiger partial charge is 0.299 e. The van der Waals surface area contributed by atoms with Crippen molar-refractivity contribution in [1.82, 2.24) is 4.90 Å². The van der Waals surface area contributed by atoms with Crippen LogP contribution in [-0.2, 0) is 6.54 Å². The van der Waals surface area contributed by atoms with E-state index in [1.165, 1.54) is 42.6 Å². The van der Waals surface area contributed by atoms with E-state index in [4.69, 9.17) is 0 Å². The second kappa shape index (κ2) is 6.01. The summed E-state index contributed by atoms with van der Waals surface area (Å²) in [5, 5.41) is 1.15. The standard InChI is InChI=1S/C15H22BrN/c1-12-3-4-15(9-13(12)2)11-17-8-6-14(10-17)5-7-16/h3-4,9,14H,5-8,10-11H2,1-2H3. The Bertz CT molecular complexity index is 375. The number of benzene rings is 1. The number of rotatable bonds is 4. The van der Waals surface area contributed by atoms with Crippen molar-refractivity contribution in [2.24, 2.45) is 5.92 Å². The second-order valence-electron chi connectivity index (χ2n) is 5.29. The highest BCUT2D eigenvalue weighted by Gasteiger charge is 2.21. The fourth-order valence-corrected chi connectivity index (χ4v) is 3.25. The van der Waals surface area contributed by atoms with E-state index < -0.39 is 0 Å². The second-order valence-corrected chi connectivity index (χ2v) is 6.08. The summed E-state index contributed by atoms with van der Waals surface area (Å²) in [5.74, 6) is 0.904. The summed E-state index contributed by atoms with van der Waals surface area (Å²) in [5.41, 5.74) is 4.28. The molecule has 0 N–H and O–H groups in total. The zero-order valence-electron chi connectivity index (χ0n) is 10.9. The minimum atomic E-state index is 0.904. The molecular formula is C15H22BrN. The number of nitrogens with zero attached hydrogens (tertiary/aromatic N) is 1. The normalized spacial score (nSPS) is 21.0. The van der Waals surface area contributed by atoms with Gasteiger partial charge in [0.15, 0.2) is 0 Å². The molecule has 17 heavy (non-hydrogen) atoms. The summed E-state index contributed by atoms with van der Waals surface area (Å²) in [7, 11) is 0. The van der Waals surface area contributed by atoms with Gasteiger partial charge in [-0.15, -0.1) is 0 Å². The van der Waals surface area contributed by atoms with Crippen LogP contribution in [0.2, 0.25) is 0 Å². The molecule has 0 saturated carbocycles. The van der Waals surface area contributed by atoms with Gasteiger partial charge in [-0.2, -0.15) is 0 Å². The Morgan fingerprint density at radius 3 is 2.82 bits per heavy atom. The maximum atomic E-state index is 3.55. The van der Waals surface area contributed by atoms with Crippen LogP contribution < -0.4 is 0 Å². The maximum absolute atomic E-state index is 3.55. The maximum Gasteiger partial charge on any atom is 0.0233 e. The van der Waals surface area contributed by atoms with Crippen LogP contribution in [0.3, 0.4) is 0 Å². The summed E-state index contributed by atoms with van der Waals surface area (Å²) in [4.78, 5) is 2.59. The van der Waals surface area contributed by atoms with Gasteiger partial charge in [0, 0.05) is 18.4 Å². The molecular weight excluding hydrogens is 274 g/mol. The fourth-order valence-electron chi connectivity index (χ4n) is 2.61. The molecule has 1 unspecified atom stereocenters. The van der Waals surface area contributed by atoms with Crippen LogP contribution in [0.15, 0.2) is 18.2 Å². The third-order valence-electron chi connectivity index (χ3n) is 3.86. The molecule has 94 valence electrons. The predicted molar refractivity (Wildman–Crippen MR) is 77.7 cm³/mol. The van der Waals surface area contributed by atoms with Crippen molar-refractivity contribution in [2.45, 2.75) is 33.2 Å². The minimum Gasteiger partial charge on any atom is -0.299 e. The van der Waals surface area contributed by atoms with Crippen molar-refractivity contribution in [3.63, 3.8) is 0 Å².